The summed E-state index contributed by atoms with van der Waals surface area (Å²) in [5, 5.41) is 0. The van der Waals surface area contributed by atoms with E-state index in [1.165, 1.54) is 83.5 Å². The van der Waals surface area contributed by atoms with Crippen molar-refractivity contribution in [1.82, 2.24) is 0 Å². The zero-order valence-electron chi connectivity index (χ0n) is 16.1. The SMILES string of the molecule is C=CCC1CCC(/C=C/C2CCC(C3CCC(C)CC3)CC2)CC1. The minimum atomic E-state index is 0.878. The van der Waals surface area contributed by atoms with Crippen LogP contribution in [0.4, 0.5) is 0 Å². The molecule has 3 aliphatic carbocycles. The number of hydrogen-bond acceptors (Lipinski definition) is 0. The van der Waals surface area contributed by atoms with Gasteiger partial charge in [-0.05, 0) is 106 Å². The largest absolute Gasteiger partial charge is 0.103 e. The third kappa shape index (κ3) is 5.24. The molecule has 3 aliphatic rings. The van der Waals surface area contributed by atoms with Gasteiger partial charge in [-0.1, -0.05) is 38.0 Å². The van der Waals surface area contributed by atoms with Crippen LogP contribution in [0.1, 0.15) is 90.4 Å². The van der Waals surface area contributed by atoms with Gasteiger partial charge in [0.05, 0.1) is 0 Å². The third-order valence-corrected chi connectivity index (χ3v) is 7.59. The molecule has 0 heterocycles. The van der Waals surface area contributed by atoms with E-state index in [1.54, 1.807) is 0 Å². The summed E-state index contributed by atoms with van der Waals surface area (Å²) in [6.45, 7) is 6.35. The van der Waals surface area contributed by atoms with Gasteiger partial charge < -0.3 is 0 Å². The van der Waals surface area contributed by atoms with Crippen LogP contribution in [0.2, 0.25) is 0 Å². The Labute approximate surface area is 151 Å². The number of allylic oxidation sites excluding steroid dienone is 3. The predicted molar refractivity (Wildman–Crippen MR) is 106 cm³/mol. The van der Waals surface area contributed by atoms with Crippen LogP contribution in [0.3, 0.4) is 0 Å². The molecule has 0 aromatic carbocycles. The Bertz CT molecular complexity index is 382. The van der Waals surface area contributed by atoms with Crippen molar-refractivity contribution in [2.45, 2.75) is 90.4 Å². The van der Waals surface area contributed by atoms with Gasteiger partial charge in [-0.2, -0.15) is 0 Å². The molecule has 0 aromatic rings. The van der Waals surface area contributed by atoms with Gasteiger partial charge in [-0.25, -0.2) is 0 Å². The lowest BCUT2D eigenvalue weighted by atomic mass is 9.69. The normalized spacial score (nSPS) is 41.4. The maximum absolute atomic E-state index is 3.90. The van der Waals surface area contributed by atoms with Crippen molar-refractivity contribution in [3.63, 3.8) is 0 Å². The number of hydrogen-bond donors (Lipinski definition) is 0. The smallest absolute Gasteiger partial charge is 0.0233 e. The molecule has 3 rings (SSSR count). The zero-order valence-corrected chi connectivity index (χ0v) is 16.1. The Morgan fingerprint density at radius 3 is 1.62 bits per heavy atom. The molecule has 0 aromatic heterocycles. The average molecular weight is 329 g/mol. The van der Waals surface area contributed by atoms with Crippen LogP contribution in [0, 0.1) is 35.5 Å². The lowest BCUT2D eigenvalue weighted by Gasteiger charge is -2.36. The summed E-state index contributed by atoms with van der Waals surface area (Å²) < 4.78 is 0. The van der Waals surface area contributed by atoms with Gasteiger partial charge >= 0.3 is 0 Å². The van der Waals surface area contributed by atoms with Crippen molar-refractivity contribution >= 4 is 0 Å². The lowest BCUT2D eigenvalue weighted by molar-refractivity contribution is 0.160. The fourth-order valence-electron chi connectivity index (χ4n) is 5.73. The van der Waals surface area contributed by atoms with E-state index in [-0.39, 0.29) is 0 Å². The van der Waals surface area contributed by atoms with Crippen molar-refractivity contribution in [2.75, 3.05) is 0 Å². The lowest BCUT2D eigenvalue weighted by Crippen LogP contribution is -2.24. The summed E-state index contributed by atoms with van der Waals surface area (Å²) in [6, 6.07) is 0. The standard InChI is InChI=1S/C24H40/c1-3-4-20-7-9-21(10-8-20)11-12-22-13-17-24(18-14-22)23-15-5-19(2)6-16-23/h3,11-12,19-24H,1,4-10,13-18H2,2H3/b12-11+. The molecule has 0 radical (unpaired) electrons. The molecule has 3 saturated carbocycles. The maximum Gasteiger partial charge on any atom is -0.0233 e. The second-order valence-electron chi connectivity index (χ2n) is 9.38. The van der Waals surface area contributed by atoms with Crippen molar-refractivity contribution < 1.29 is 0 Å². The highest BCUT2D eigenvalue weighted by Crippen LogP contribution is 2.41. The van der Waals surface area contributed by atoms with Crippen LogP contribution in [0.15, 0.2) is 24.8 Å². The molecule has 0 bridgehead atoms. The Balaban J connectivity index is 1.36. The third-order valence-electron chi connectivity index (χ3n) is 7.59. The topological polar surface area (TPSA) is 0 Å². The van der Waals surface area contributed by atoms with E-state index in [1.807, 2.05) is 0 Å². The first-order valence-corrected chi connectivity index (χ1v) is 11.0. The summed E-state index contributed by atoms with van der Waals surface area (Å²) in [4.78, 5) is 0. The molecule has 3 fully saturated rings. The van der Waals surface area contributed by atoms with Crippen LogP contribution < -0.4 is 0 Å². The van der Waals surface area contributed by atoms with E-state index in [4.69, 9.17) is 0 Å². The van der Waals surface area contributed by atoms with Crippen molar-refractivity contribution in [1.29, 1.82) is 0 Å². The highest BCUT2D eigenvalue weighted by molar-refractivity contribution is 4.97. The first-order valence-electron chi connectivity index (χ1n) is 11.0. The number of rotatable bonds is 5. The minimum absolute atomic E-state index is 0.878. The molecule has 0 aliphatic heterocycles. The van der Waals surface area contributed by atoms with E-state index < -0.39 is 0 Å². The van der Waals surface area contributed by atoms with Crippen molar-refractivity contribution in [2.24, 2.45) is 35.5 Å². The molecule has 24 heavy (non-hydrogen) atoms. The molecule has 0 saturated heterocycles. The van der Waals surface area contributed by atoms with Crippen molar-refractivity contribution in [3.05, 3.63) is 24.8 Å². The Kier molecular flexibility index (Phi) is 7.05. The highest BCUT2D eigenvalue weighted by atomic mass is 14.3. The van der Waals surface area contributed by atoms with Crippen LogP contribution >= 0.6 is 0 Å². The summed E-state index contributed by atoms with van der Waals surface area (Å²) in [6.07, 6.45) is 26.3. The van der Waals surface area contributed by atoms with E-state index in [9.17, 15) is 0 Å². The van der Waals surface area contributed by atoms with Crippen LogP contribution in [0.25, 0.3) is 0 Å². The summed E-state index contributed by atoms with van der Waals surface area (Å²) in [5.74, 6) is 5.85. The van der Waals surface area contributed by atoms with Gasteiger partial charge in [-0.15, -0.1) is 6.58 Å². The van der Waals surface area contributed by atoms with Crippen LogP contribution in [0.5, 0.6) is 0 Å². The van der Waals surface area contributed by atoms with Gasteiger partial charge in [0.25, 0.3) is 0 Å². The van der Waals surface area contributed by atoms with E-state index in [0.29, 0.717) is 0 Å². The van der Waals surface area contributed by atoms with Crippen LogP contribution in [-0.4, -0.2) is 0 Å². The Morgan fingerprint density at radius 2 is 1.12 bits per heavy atom. The second-order valence-corrected chi connectivity index (χ2v) is 9.38. The van der Waals surface area contributed by atoms with Gasteiger partial charge in [0.15, 0.2) is 0 Å². The first-order chi connectivity index (χ1) is 11.7. The first kappa shape index (κ1) is 18.3. The summed E-state index contributed by atoms with van der Waals surface area (Å²) in [7, 11) is 0. The zero-order chi connectivity index (χ0) is 16.8. The molecule has 0 heteroatoms. The summed E-state index contributed by atoms with van der Waals surface area (Å²) >= 11 is 0. The predicted octanol–water partition coefficient (Wildman–Crippen LogP) is 7.56. The molecule has 0 nitrogen and oxygen atoms in total. The van der Waals surface area contributed by atoms with Crippen molar-refractivity contribution in [3.8, 4) is 0 Å². The quantitative estimate of drug-likeness (QED) is 0.457. The van der Waals surface area contributed by atoms with E-state index in [0.717, 1.165) is 35.5 Å². The molecule has 0 unspecified atom stereocenters. The molecule has 0 atom stereocenters. The fraction of sp³-hybridized carbons (Fsp3) is 0.833. The monoisotopic (exact) mass is 328 g/mol. The molecule has 0 amide bonds. The molecular formula is C24H40. The average Bonchev–Trinajstić information content (AvgIpc) is 2.63. The van der Waals surface area contributed by atoms with E-state index >= 15 is 0 Å². The molecule has 136 valence electrons. The van der Waals surface area contributed by atoms with Crippen LogP contribution in [-0.2, 0) is 0 Å². The van der Waals surface area contributed by atoms with Gasteiger partial charge in [0.2, 0.25) is 0 Å². The second kappa shape index (κ2) is 9.25. The Morgan fingerprint density at radius 1 is 0.667 bits per heavy atom. The highest BCUT2D eigenvalue weighted by Gasteiger charge is 2.29. The van der Waals surface area contributed by atoms with E-state index in [2.05, 4.69) is 31.7 Å². The van der Waals surface area contributed by atoms with Gasteiger partial charge in [-0.3, -0.25) is 0 Å². The Hall–Kier alpha value is -0.520. The molecule has 0 spiro atoms. The minimum Gasteiger partial charge on any atom is -0.103 e. The summed E-state index contributed by atoms with van der Waals surface area (Å²) in [5.41, 5.74) is 0. The fourth-order valence-corrected chi connectivity index (χ4v) is 5.73. The van der Waals surface area contributed by atoms with Gasteiger partial charge in [0, 0.05) is 0 Å². The van der Waals surface area contributed by atoms with Gasteiger partial charge in [0.1, 0.15) is 0 Å². The molecule has 0 N–H and O–H groups in total. The maximum atomic E-state index is 3.90. The molecular weight excluding hydrogens is 288 g/mol.